The molecule has 3 aliphatic heterocycles. The van der Waals surface area contributed by atoms with Gasteiger partial charge in [-0.15, -0.1) is 0 Å². The SMILES string of the molecule is CO[C@H]1O[C@H](COC(=O)c2ccccc2)[C@@H](O[C@@H]2O[C@@H](COC(=O)CCC(C)=O)[C@@H](O[C@H]3O[C@H](COC(=O)c4ccccc4)[C@@H](O)[C@H](OCc4ccccc4)[C@H]3N=[N+]=[N-])[C@H](OCc3ccccc3)[C@H]2OC(=O)c2ccccc2)[C@H](OCc2ccccc2)[C@H]1N=[N+]=[N-]. The summed E-state index contributed by atoms with van der Waals surface area (Å²) in [6, 6.07) is 48.0. The summed E-state index contributed by atoms with van der Waals surface area (Å²) in [4.78, 5) is 74.2. The summed E-state index contributed by atoms with van der Waals surface area (Å²) in [7, 11) is 1.31. The Hall–Kier alpha value is -8.91. The number of ketones is 1. The van der Waals surface area contributed by atoms with E-state index < -0.39 is 136 Å². The van der Waals surface area contributed by atoms with E-state index in [1.54, 1.807) is 152 Å². The van der Waals surface area contributed by atoms with Crippen molar-refractivity contribution in [3.63, 3.8) is 0 Å². The van der Waals surface area contributed by atoms with Gasteiger partial charge < -0.3 is 71.5 Å². The largest absolute Gasteiger partial charge is 0.463 e. The number of hydrogen-bond donors (Lipinski definition) is 1. The molecule has 0 amide bonds. The smallest absolute Gasteiger partial charge is 0.338 e. The second kappa shape index (κ2) is 33.8. The normalized spacial score (nSPS) is 26.1. The Bertz CT molecular complexity index is 3390. The van der Waals surface area contributed by atoms with Crippen LogP contribution in [0, 0.1) is 0 Å². The van der Waals surface area contributed by atoms with E-state index in [4.69, 9.17) is 61.6 Å². The lowest BCUT2D eigenvalue weighted by Gasteiger charge is -2.50. The highest BCUT2D eigenvalue weighted by Crippen LogP contribution is 2.39. The molecule has 25 nitrogen and oxygen atoms in total. The fourth-order valence-electron chi connectivity index (χ4n) is 10.4. The minimum atomic E-state index is -1.88. The van der Waals surface area contributed by atoms with E-state index in [0.29, 0.717) is 16.7 Å². The summed E-state index contributed by atoms with van der Waals surface area (Å²) in [5, 5.41) is 20.3. The molecular formula is C66H68N6O19. The van der Waals surface area contributed by atoms with Crippen LogP contribution < -0.4 is 0 Å². The van der Waals surface area contributed by atoms with E-state index >= 15 is 0 Å². The van der Waals surface area contributed by atoms with E-state index in [1.165, 1.54) is 38.3 Å². The monoisotopic (exact) mass is 1250 g/mol. The summed E-state index contributed by atoms with van der Waals surface area (Å²) in [6.07, 6.45) is -21.1. The van der Waals surface area contributed by atoms with E-state index in [-0.39, 0.29) is 55.1 Å². The van der Waals surface area contributed by atoms with Gasteiger partial charge in [-0.1, -0.05) is 156 Å². The molecule has 3 aliphatic rings. The van der Waals surface area contributed by atoms with Gasteiger partial charge in [-0.3, -0.25) is 4.79 Å². The maximum absolute atomic E-state index is 14.8. The lowest BCUT2D eigenvalue weighted by molar-refractivity contribution is -0.371. The van der Waals surface area contributed by atoms with Crippen molar-refractivity contribution < 1.29 is 90.7 Å². The molecule has 25 heteroatoms. The molecule has 0 aromatic heterocycles. The number of aliphatic hydroxyl groups is 1. The van der Waals surface area contributed by atoms with Crippen LogP contribution in [0.3, 0.4) is 0 Å². The fourth-order valence-corrected chi connectivity index (χ4v) is 10.4. The zero-order chi connectivity index (χ0) is 63.9. The Balaban J connectivity index is 1.17. The number of azide groups is 2. The molecule has 3 saturated heterocycles. The number of aliphatic hydroxyl groups excluding tert-OH is 1. The van der Waals surface area contributed by atoms with Crippen LogP contribution in [0.15, 0.2) is 192 Å². The minimum absolute atomic E-state index is 0.0588. The first-order valence-corrected chi connectivity index (χ1v) is 29.3. The van der Waals surface area contributed by atoms with Crippen LogP contribution in [-0.4, -0.2) is 154 Å². The molecule has 476 valence electrons. The topological polar surface area (TPSA) is 323 Å². The summed E-state index contributed by atoms with van der Waals surface area (Å²) in [5.74, 6) is -3.59. The number of esters is 4. The van der Waals surface area contributed by atoms with Gasteiger partial charge in [-0.25, -0.2) is 14.4 Å². The predicted octanol–water partition coefficient (Wildman–Crippen LogP) is 8.90. The number of nitrogens with zero attached hydrogens (tertiary/aromatic N) is 6. The van der Waals surface area contributed by atoms with Gasteiger partial charge in [-0.2, -0.15) is 0 Å². The summed E-state index contributed by atoms with van der Waals surface area (Å²) >= 11 is 0. The van der Waals surface area contributed by atoms with Gasteiger partial charge >= 0.3 is 23.9 Å². The van der Waals surface area contributed by atoms with E-state index in [1.807, 2.05) is 6.07 Å². The maximum Gasteiger partial charge on any atom is 0.338 e. The van der Waals surface area contributed by atoms with Crippen LogP contribution in [0.2, 0.25) is 0 Å². The highest BCUT2D eigenvalue weighted by atomic mass is 16.8. The van der Waals surface area contributed by atoms with E-state index in [0.717, 1.165) is 0 Å². The molecule has 15 atom stereocenters. The van der Waals surface area contributed by atoms with Crippen molar-refractivity contribution in [1.29, 1.82) is 0 Å². The molecule has 1 N–H and O–H groups in total. The van der Waals surface area contributed by atoms with Crippen LogP contribution in [0.1, 0.15) is 67.5 Å². The number of benzene rings is 6. The molecule has 3 fully saturated rings. The third-order valence-electron chi connectivity index (χ3n) is 15.0. The molecule has 6 aromatic carbocycles. The standard InChI is InChI=1S/C66H68N6O19/c1-41(73)33-34-51(74)80-39-49-56(90-65-52(69-71-67)57(81-35-42-21-9-3-10-22-42)54(75)48(86-65)38-84-61(76)45-27-15-6-16-28-45)59(83-37-44-25-13-5-14-26-44)60(89-63(78)47-31-19-8-20-32-47)66(88-49)91-55-50(40-85-62(77)46-29-17-7-18-30-46)87-64(79-2)53(70-72-68)58(55)82-36-43-23-11-4-12-24-43/h3-32,48-50,52-60,64-66,75H,33-40H2,1-2H3/t48-,49+,50-,52-,53-,54-,55-,56-,57-,58-,59+,60-,64+,65-,66+/m1/s1. The van der Waals surface area contributed by atoms with Crippen molar-refractivity contribution in [3.8, 4) is 0 Å². The van der Waals surface area contributed by atoms with Crippen LogP contribution in [-0.2, 0) is 91.0 Å². The average molecular weight is 1250 g/mol. The van der Waals surface area contributed by atoms with Gasteiger partial charge in [0.25, 0.3) is 0 Å². The Morgan fingerprint density at radius 1 is 0.451 bits per heavy atom. The fraction of sp³-hybridized carbons (Fsp3) is 0.379. The molecule has 0 saturated carbocycles. The van der Waals surface area contributed by atoms with Gasteiger partial charge in [0.15, 0.2) is 25.0 Å². The quantitative estimate of drug-likeness (QED) is 0.0150. The number of carbonyl (C=O) groups excluding carboxylic acids is 5. The van der Waals surface area contributed by atoms with E-state index in [2.05, 4.69) is 20.1 Å². The second-order valence-corrected chi connectivity index (χ2v) is 21.3. The van der Waals surface area contributed by atoms with Crippen LogP contribution in [0.4, 0.5) is 0 Å². The zero-order valence-corrected chi connectivity index (χ0v) is 49.6. The molecule has 91 heavy (non-hydrogen) atoms. The number of carbonyl (C=O) groups is 5. The molecule has 3 heterocycles. The third-order valence-corrected chi connectivity index (χ3v) is 15.0. The number of rotatable bonds is 29. The minimum Gasteiger partial charge on any atom is -0.463 e. The number of ether oxygens (including phenoxy) is 13. The molecular weight excluding hydrogens is 1180 g/mol. The molecule has 6 aromatic rings. The number of Topliss-reactive ketones (excluding diaryl/α,β-unsaturated/α-hetero) is 1. The summed E-state index contributed by atoms with van der Waals surface area (Å²) in [6.45, 7) is -1.03. The Morgan fingerprint density at radius 2 is 0.835 bits per heavy atom. The Labute approximate surface area is 523 Å². The molecule has 0 radical (unpaired) electrons. The summed E-state index contributed by atoms with van der Waals surface area (Å²) in [5.41, 5.74) is 22.8. The maximum atomic E-state index is 14.8. The molecule has 0 spiro atoms. The predicted molar refractivity (Wildman–Crippen MR) is 320 cm³/mol. The van der Waals surface area contributed by atoms with Crippen LogP contribution in [0.25, 0.3) is 20.9 Å². The van der Waals surface area contributed by atoms with Crippen molar-refractivity contribution in [2.75, 3.05) is 26.9 Å². The molecule has 0 unspecified atom stereocenters. The first kappa shape index (κ1) is 66.5. The van der Waals surface area contributed by atoms with Crippen molar-refractivity contribution in [3.05, 3.63) is 236 Å². The van der Waals surface area contributed by atoms with Gasteiger partial charge in [0.1, 0.15) is 86.5 Å². The van der Waals surface area contributed by atoms with Gasteiger partial charge in [0, 0.05) is 23.4 Å². The van der Waals surface area contributed by atoms with Crippen molar-refractivity contribution in [2.45, 2.75) is 132 Å². The van der Waals surface area contributed by atoms with Crippen molar-refractivity contribution in [2.24, 2.45) is 10.2 Å². The highest BCUT2D eigenvalue weighted by molar-refractivity contribution is 5.90. The Morgan fingerprint density at radius 3 is 1.31 bits per heavy atom. The zero-order valence-electron chi connectivity index (χ0n) is 49.6. The van der Waals surface area contributed by atoms with Crippen LogP contribution >= 0.6 is 0 Å². The van der Waals surface area contributed by atoms with Gasteiger partial charge in [-0.05, 0) is 71.1 Å². The first-order chi connectivity index (χ1) is 44.4. The summed E-state index contributed by atoms with van der Waals surface area (Å²) < 4.78 is 83.9. The van der Waals surface area contributed by atoms with Gasteiger partial charge in [0.05, 0.1) is 49.0 Å². The lowest BCUT2D eigenvalue weighted by Crippen LogP contribution is -2.67. The highest BCUT2D eigenvalue weighted by Gasteiger charge is 2.57. The molecule has 9 rings (SSSR count). The van der Waals surface area contributed by atoms with E-state index in [9.17, 15) is 40.1 Å². The number of hydrogen-bond acceptors (Lipinski definition) is 21. The number of methoxy groups -OCH3 is 1. The van der Waals surface area contributed by atoms with Crippen molar-refractivity contribution in [1.82, 2.24) is 0 Å². The third kappa shape index (κ3) is 18.4. The lowest BCUT2D eigenvalue weighted by atomic mass is 9.94. The molecule has 0 bridgehead atoms. The first-order valence-electron chi connectivity index (χ1n) is 29.3. The van der Waals surface area contributed by atoms with Crippen molar-refractivity contribution >= 4 is 29.7 Å². The second-order valence-electron chi connectivity index (χ2n) is 21.3. The average Bonchev–Trinajstić information content (AvgIpc) is 0.837. The van der Waals surface area contributed by atoms with Gasteiger partial charge in [0.2, 0.25) is 0 Å². The Kier molecular flexibility index (Phi) is 24.7. The molecule has 0 aliphatic carbocycles. The van der Waals surface area contributed by atoms with Crippen LogP contribution in [0.5, 0.6) is 0 Å².